The van der Waals surface area contributed by atoms with Gasteiger partial charge < -0.3 is 0 Å². The van der Waals surface area contributed by atoms with Gasteiger partial charge in [-0.2, -0.15) is 5.10 Å². The van der Waals surface area contributed by atoms with E-state index in [0.29, 0.717) is 5.56 Å². The van der Waals surface area contributed by atoms with Gasteiger partial charge in [-0.25, -0.2) is 4.39 Å². The zero-order valence-electron chi connectivity index (χ0n) is 10.5. The van der Waals surface area contributed by atoms with E-state index in [4.69, 9.17) is 0 Å². The Kier molecular flexibility index (Phi) is 3.55. The van der Waals surface area contributed by atoms with Gasteiger partial charge in [-0.1, -0.05) is 6.92 Å². The fourth-order valence-electron chi connectivity index (χ4n) is 1.81. The zero-order chi connectivity index (χ0) is 13.1. The highest BCUT2D eigenvalue weighted by Gasteiger charge is 2.11. The van der Waals surface area contributed by atoms with Crippen LogP contribution in [0.3, 0.4) is 0 Å². The largest absolute Gasteiger partial charge is 0.294 e. The number of Topliss-reactive ketones (excluding diaryl/α,β-unsaturated/α-hetero) is 1. The fraction of sp³-hybridized carbons (Fsp3) is 0.286. The number of benzene rings is 1. The van der Waals surface area contributed by atoms with Crippen LogP contribution in [0.2, 0.25) is 0 Å². The quantitative estimate of drug-likeness (QED) is 0.777. The number of aryl methyl sites for hydroxylation is 2. The van der Waals surface area contributed by atoms with E-state index in [1.54, 1.807) is 4.68 Å². The van der Waals surface area contributed by atoms with Crippen molar-refractivity contribution in [1.29, 1.82) is 0 Å². The average molecular weight is 246 g/mol. The van der Waals surface area contributed by atoms with E-state index in [1.807, 2.05) is 20.0 Å². The minimum atomic E-state index is -0.333. The van der Waals surface area contributed by atoms with E-state index < -0.39 is 0 Å². The molecule has 0 aliphatic heterocycles. The highest BCUT2D eigenvalue weighted by Crippen LogP contribution is 2.10. The van der Waals surface area contributed by atoms with E-state index in [-0.39, 0.29) is 18.0 Å². The number of nitrogens with zero attached hydrogens (tertiary/aromatic N) is 2. The first-order valence-corrected chi connectivity index (χ1v) is 5.90. The zero-order valence-corrected chi connectivity index (χ0v) is 10.5. The van der Waals surface area contributed by atoms with E-state index in [0.717, 1.165) is 17.8 Å². The van der Waals surface area contributed by atoms with Crippen LogP contribution in [-0.2, 0) is 19.9 Å². The first-order chi connectivity index (χ1) is 8.60. The predicted octanol–water partition coefficient (Wildman–Crippen LogP) is 2.55. The molecular formula is C14H15FN2O. The number of carbonyl (C=O) groups is 1. The van der Waals surface area contributed by atoms with Crippen LogP contribution in [-0.4, -0.2) is 15.6 Å². The van der Waals surface area contributed by atoms with Crippen LogP contribution in [0.25, 0.3) is 0 Å². The fourth-order valence-corrected chi connectivity index (χ4v) is 1.81. The van der Waals surface area contributed by atoms with Crippen molar-refractivity contribution in [2.24, 2.45) is 7.05 Å². The second kappa shape index (κ2) is 5.12. The molecule has 0 unspecified atom stereocenters. The van der Waals surface area contributed by atoms with Gasteiger partial charge in [-0.15, -0.1) is 0 Å². The smallest absolute Gasteiger partial charge is 0.168 e. The first-order valence-electron chi connectivity index (χ1n) is 5.90. The van der Waals surface area contributed by atoms with Crippen molar-refractivity contribution in [2.45, 2.75) is 19.8 Å². The van der Waals surface area contributed by atoms with Gasteiger partial charge in [0.15, 0.2) is 5.78 Å². The number of hydrogen-bond acceptors (Lipinski definition) is 2. The van der Waals surface area contributed by atoms with Crippen LogP contribution in [0.5, 0.6) is 0 Å². The maximum atomic E-state index is 12.8. The molecule has 1 aromatic heterocycles. The summed E-state index contributed by atoms with van der Waals surface area (Å²) in [5, 5.41) is 4.29. The molecule has 0 aliphatic rings. The first kappa shape index (κ1) is 12.5. The van der Waals surface area contributed by atoms with Crippen LogP contribution < -0.4 is 0 Å². The summed E-state index contributed by atoms with van der Waals surface area (Å²) in [5.41, 5.74) is 2.37. The van der Waals surface area contributed by atoms with Gasteiger partial charge in [0.1, 0.15) is 5.82 Å². The Morgan fingerprint density at radius 2 is 2.00 bits per heavy atom. The van der Waals surface area contributed by atoms with E-state index in [2.05, 4.69) is 5.10 Å². The Balaban J connectivity index is 2.15. The topological polar surface area (TPSA) is 34.9 Å². The second-order valence-corrected chi connectivity index (χ2v) is 4.21. The molecule has 0 atom stereocenters. The summed E-state index contributed by atoms with van der Waals surface area (Å²) in [5.74, 6) is -0.360. The van der Waals surface area contributed by atoms with Crippen LogP contribution >= 0.6 is 0 Å². The molecule has 0 saturated heterocycles. The van der Waals surface area contributed by atoms with Crippen molar-refractivity contribution in [1.82, 2.24) is 9.78 Å². The number of ketones is 1. The normalized spacial score (nSPS) is 10.6. The third-order valence-electron chi connectivity index (χ3n) is 2.90. The number of halogens is 1. The lowest BCUT2D eigenvalue weighted by molar-refractivity contribution is 0.0990. The maximum Gasteiger partial charge on any atom is 0.168 e. The van der Waals surface area contributed by atoms with Crippen LogP contribution in [0.15, 0.2) is 30.3 Å². The minimum absolute atomic E-state index is 0.0272. The lowest BCUT2D eigenvalue weighted by Gasteiger charge is -2.01. The van der Waals surface area contributed by atoms with Crippen molar-refractivity contribution >= 4 is 5.78 Å². The highest BCUT2D eigenvalue weighted by atomic mass is 19.1. The highest BCUT2D eigenvalue weighted by molar-refractivity contribution is 5.97. The maximum absolute atomic E-state index is 12.8. The van der Waals surface area contributed by atoms with Gasteiger partial charge in [0.2, 0.25) is 0 Å². The molecule has 0 bridgehead atoms. The summed E-state index contributed by atoms with van der Waals surface area (Å²) in [4.78, 5) is 12.0. The van der Waals surface area contributed by atoms with Crippen LogP contribution in [0, 0.1) is 5.82 Å². The summed E-state index contributed by atoms with van der Waals surface area (Å²) in [6.07, 6.45) is 1.13. The monoisotopic (exact) mass is 246 g/mol. The van der Waals surface area contributed by atoms with Crippen LogP contribution in [0.1, 0.15) is 28.7 Å². The van der Waals surface area contributed by atoms with Gasteiger partial charge in [-0.3, -0.25) is 9.48 Å². The summed E-state index contributed by atoms with van der Waals surface area (Å²) in [7, 11) is 1.83. The standard InChI is InChI=1S/C14H15FN2O/c1-3-12-8-13(17(2)16-12)9-14(18)10-4-6-11(15)7-5-10/h4-8H,3,9H2,1-2H3. The predicted molar refractivity (Wildman–Crippen MR) is 67.0 cm³/mol. The molecule has 4 heteroatoms. The van der Waals surface area contributed by atoms with E-state index in [1.165, 1.54) is 24.3 Å². The van der Waals surface area contributed by atoms with Crippen molar-refractivity contribution in [3.63, 3.8) is 0 Å². The molecule has 2 rings (SSSR count). The summed E-state index contributed by atoms with van der Waals surface area (Å²) >= 11 is 0. The van der Waals surface area contributed by atoms with Gasteiger partial charge in [0, 0.05) is 18.3 Å². The molecule has 94 valence electrons. The van der Waals surface area contributed by atoms with Crippen molar-refractivity contribution in [3.05, 3.63) is 53.1 Å². The summed E-state index contributed by atoms with van der Waals surface area (Å²) in [6, 6.07) is 7.55. The average Bonchev–Trinajstić information content (AvgIpc) is 2.71. The van der Waals surface area contributed by atoms with Gasteiger partial charge in [0.25, 0.3) is 0 Å². The van der Waals surface area contributed by atoms with Gasteiger partial charge in [-0.05, 0) is 36.8 Å². The van der Waals surface area contributed by atoms with Crippen LogP contribution in [0.4, 0.5) is 4.39 Å². The van der Waals surface area contributed by atoms with Crippen molar-refractivity contribution < 1.29 is 9.18 Å². The Morgan fingerprint density at radius 1 is 1.33 bits per heavy atom. The SMILES string of the molecule is CCc1cc(CC(=O)c2ccc(F)cc2)n(C)n1. The Hall–Kier alpha value is -1.97. The molecule has 0 N–H and O–H groups in total. The molecular weight excluding hydrogens is 231 g/mol. The third kappa shape index (κ3) is 2.64. The molecule has 0 fully saturated rings. The molecule has 0 saturated carbocycles. The Morgan fingerprint density at radius 3 is 2.56 bits per heavy atom. The van der Waals surface area contributed by atoms with E-state index in [9.17, 15) is 9.18 Å². The lowest BCUT2D eigenvalue weighted by Crippen LogP contribution is -2.07. The molecule has 0 aliphatic carbocycles. The van der Waals surface area contributed by atoms with Crippen molar-refractivity contribution in [2.75, 3.05) is 0 Å². The molecule has 3 nitrogen and oxygen atoms in total. The third-order valence-corrected chi connectivity index (χ3v) is 2.90. The number of hydrogen-bond donors (Lipinski definition) is 0. The molecule has 0 spiro atoms. The number of aromatic nitrogens is 2. The Bertz CT molecular complexity index is 558. The van der Waals surface area contributed by atoms with Gasteiger partial charge >= 0.3 is 0 Å². The molecule has 0 amide bonds. The lowest BCUT2D eigenvalue weighted by atomic mass is 10.1. The summed E-state index contributed by atoms with van der Waals surface area (Å²) < 4.78 is 14.5. The minimum Gasteiger partial charge on any atom is -0.294 e. The molecule has 18 heavy (non-hydrogen) atoms. The molecule has 2 aromatic rings. The Labute approximate surface area is 105 Å². The summed E-state index contributed by atoms with van der Waals surface area (Å²) in [6.45, 7) is 2.02. The van der Waals surface area contributed by atoms with Crippen molar-refractivity contribution in [3.8, 4) is 0 Å². The molecule has 1 heterocycles. The van der Waals surface area contributed by atoms with E-state index >= 15 is 0 Å². The molecule has 0 radical (unpaired) electrons. The van der Waals surface area contributed by atoms with Gasteiger partial charge in [0.05, 0.1) is 12.1 Å². The molecule has 1 aromatic carbocycles. The second-order valence-electron chi connectivity index (χ2n) is 4.21. The number of rotatable bonds is 4. The number of carbonyl (C=O) groups excluding carboxylic acids is 1.